The predicted molar refractivity (Wildman–Crippen MR) is 147 cm³/mol. The summed E-state index contributed by atoms with van der Waals surface area (Å²) >= 11 is 6.30. The van der Waals surface area contributed by atoms with Gasteiger partial charge >= 0.3 is 0 Å². The van der Waals surface area contributed by atoms with Crippen molar-refractivity contribution < 1.29 is 19.2 Å². The molecule has 0 fully saturated rings. The second kappa shape index (κ2) is 11.2. The van der Waals surface area contributed by atoms with Crippen LogP contribution in [0.4, 0.5) is 0 Å². The van der Waals surface area contributed by atoms with E-state index in [1.54, 1.807) is 71.3 Å². The molecule has 1 aromatic heterocycles. The molecule has 1 aliphatic rings. The highest BCUT2D eigenvalue weighted by Crippen LogP contribution is 2.26. The van der Waals surface area contributed by atoms with E-state index in [1.165, 1.54) is 0 Å². The van der Waals surface area contributed by atoms with Gasteiger partial charge in [0.15, 0.2) is 17.4 Å². The Kier molecular flexibility index (Phi) is 7.54. The number of nitrogens with zero attached hydrogens (tertiary/aromatic N) is 5. The Hall–Kier alpha value is -4.67. The van der Waals surface area contributed by atoms with Crippen LogP contribution in [0.25, 0.3) is 5.69 Å². The lowest BCUT2D eigenvalue weighted by atomic mass is 10.0. The van der Waals surface area contributed by atoms with Crippen LogP contribution in [0.2, 0.25) is 5.02 Å². The smallest absolute Gasteiger partial charge is 0.262 e. The number of hydrogen-bond acceptors (Lipinski definition) is 7. The first kappa shape index (κ1) is 26.9. The van der Waals surface area contributed by atoms with E-state index in [1.807, 2.05) is 25.1 Å². The van der Waals surface area contributed by atoms with Gasteiger partial charge in [0.25, 0.3) is 11.8 Å². The first-order valence-corrected chi connectivity index (χ1v) is 12.8. The van der Waals surface area contributed by atoms with Crippen molar-refractivity contribution in [3.63, 3.8) is 0 Å². The standard InChI is InChI=1S/C29H25ClN6O4/c1-34(2)16-25-33-32-24(15-31-26(37)17-35-28(39)20-10-6-7-11-21(20)29(35)40)36(25)23-13-12-19(30)14-22(23)27(38)18-8-4-3-5-9-18/h3-14H,15-17H2,1-2H3,(H,31,37). The number of rotatable bonds is 9. The minimum absolute atomic E-state index is 0.0655. The van der Waals surface area contributed by atoms with Crippen LogP contribution in [0.15, 0.2) is 72.8 Å². The Labute approximate surface area is 235 Å². The topological polar surface area (TPSA) is 118 Å². The van der Waals surface area contributed by atoms with Crippen molar-refractivity contribution in [1.82, 2.24) is 29.9 Å². The van der Waals surface area contributed by atoms with E-state index in [2.05, 4.69) is 15.5 Å². The molecule has 5 rings (SSSR count). The van der Waals surface area contributed by atoms with Gasteiger partial charge in [0.2, 0.25) is 5.91 Å². The van der Waals surface area contributed by atoms with Crippen molar-refractivity contribution in [1.29, 1.82) is 0 Å². The van der Waals surface area contributed by atoms with E-state index >= 15 is 0 Å². The summed E-state index contributed by atoms with van der Waals surface area (Å²) < 4.78 is 1.72. The van der Waals surface area contributed by atoms with Gasteiger partial charge < -0.3 is 10.2 Å². The lowest BCUT2D eigenvalue weighted by molar-refractivity contribution is -0.121. The highest BCUT2D eigenvalue weighted by molar-refractivity contribution is 6.31. The van der Waals surface area contributed by atoms with Crippen molar-refractivity contribution in [2.75, 3.05) is 20.6 Å². The lowest BCUT2D eigenvalue weighted by Crippen LogP contribution is -2.40. The van der Waals surface area contributed by atoms with Crippen molar-refractivity contribution in [2.24, 2.45) is 0 Å². The molecule has 0 radical (unpaired) electrons. The zero-order chi connectivity index (χ0) is 28.4. The average molecular weight is 557 g/mol. The number of carbonyl (C=O) groups excluding carboxylic acids is 4. The fourth-order valence-corrected chi connectivity index (χ4v) is 4.69. The second-order valence-electron chi connectivity index (χ2n) is 9.48. The summed E-state index contributed by atoms with van der Waals surface area (Å²) in [6.45, 7) is -0.106. The molecule has 4 aromatic rings. The number of imide groups is 1. The fourth-order valence-electron chi connectivity index (χ4n) is 4.52. The van der Waals surface area contributed by atoms with Crippen LogP contribution in [-0.4, -0.2) is 68.7 Å². The van der Waals surface area contributed by atoms with Crippen LogP contribution in [0.1, 0.15) is 48.3 Å². The van der Waals surface area contributed by atoms with Gasteiger partial charge in [0, 0.05) is 16.1 Å². The molecule has 3 amide bonds. The van der Waals surface area contributed by atoms with E-state index in [0.29, 0.717) is 40.0 Å². The maximum atomic E-state index is 13.5. The summed E-state index contributed by atoms with van der Waals surface area (Å²) in [4.78, 5) is 54.5. The summed E-state index contributed by atoms with van der Waals surface area (Å²) in [6.07, 6.45) is 0. The summed E-state index contributed by atoms with van der Waals surface area (Å²) in [6, 6.07) is 20.3. The number of aromatic nitrogens is 3. The molecular weight excluding hydrogens is 532 g/mol. The summed E-state index contributed by atoms with van der Waals surface area (Å²) in [5, 5.41) is 11.7. The molecule has 1 aliphatic heterocycles. The molecule has 0 saturated heterocycles. The van der Waals surface area contributed by atoms with Gasteiger partial charge in [0.05, 0.1) is 29.9 Å². The van der Waals surface area contributed by atoms with Crippen LogP contribution in [0.5, 0.6) is 0 Å². The molecule has 0 aliphatic carbocycles. The predicted octanol–water partition coefficient (Wildman–Crippen LogP) is 3.13. The van der Waals surface area contributed by atoms with E-state index in [9.17, 15) is 19.2 Å². The van der Waals surface area contributed by atoms with Crippen molar-refractivity contribution in [3.8, 4) is 5.69 Å². The SMILES string of the molecule is CN(C)Cc1nnc(CNC(=O)CN2C(=O)c3ccccc3C2=O)n1-c1ccc(Cl)cc1C(=O)c1ccccc1. The Morgan fingerprint density at radius 2 is 1.50 bits per heavy atom. The summed E-state index contributed by atoms with van der Waals surface area (Å²) in [5.74, 6) is -0.913. The highest BCUT2D eigenvalue weighted by atomic mass is 35.5. The van der Waals surface area contributed by atoms with Crippen LogP contribution in [0.3, 0.4) is 0 Å². The quantitative estimate of drug-likeness (QED) is 0.249. The number of hydrogen-bond donors (Lipinski definition) is 1. The summed E-state index contributed by atoms with van der Waals surface area (Å²) in [5.41, 5.74) is 1.88. The number of carbonyl (C=O) groups is 4. The van der Waals surface area contributed by atoms with Crippen molar-refractivity contribution in [3.05, 3.63) is 112 Å². The lowest BCUT2D eigenvalue weighted by Gasteiger charge is -2.17. The largest absolute Gasteiger partial charge is 0.347 e. The third-order valence-corrected chi connectivity index (χ3v) is 6.59. The van der Waals surface area contributed by atoms with Crippen LogP contribution in [-0.2, 0) is 17.9 Å². The Morgan fingerprint density at radius 1 is 0.875 bits per heavy atom. The van der Waals surface area contributed by atoms with E-state index < -0.39 is 24.3 Å². The Bertz CT molecular complexity index is 1600. The van der Waals surface area contributed by atoms with Crippen molar-refractivity contribution in [2.45, 2.75) is 13.1 Å². The summed E-state index contributed by atoms with van der Waals surface area (Å²) in [7, 11) is 3.75. The van der Waals surface area contributed by atoms with E-state index in [4.69, 9.17) is 11.6 Å². The maximum absolute atomic E-state index is 13.5. The van der Waals surface area contributed by atoms with E-state index in [-0.39, 0.29) is 23.5 Å². The third kappa shape index (κ3) is 5.27. The number of fused-ring (bicyclic) bond motifs is 1. The molecule has 40 heavy (non-hydrogen) atoms. The van der Waals surface area contributed by atoms with Crippen LogP contribution in [0, 0.1) is 0 Å². The second-order valence-corrected chi connectivity index (χ2v) is 9.92. The monoisotopic (exact) mass is 556 g/mol. The molecule has 2 heterocycles. The average Bonchev–Trinajstić information content (AvgIpc) is 3.45. The molecule has 0 bridgehead atoms. The molecule has 0 atom stereocenters. The molecule has 0 unspecified atom stereocenters. The molecule has 10 nitrogen and oxygen atoms in total. The normalized spacial score (nSPS) is 12.7. The molecule has 0 saturated carbocycles. The van der Waals surface area contributed by atoms with Gasteiger partial charge in [-0.2, -0.15) is 0 Å². The van der Waals surface area contributed by atoms with Crippen LogP contribution >= 0.6 is 11.6 Å². The first-order chi connectivity index (χ1) is 19.2. The molecule has 0 spiro atoms. The zero-order valence-corrected chi connectivity index (χ0v) is 22.6. The minimum Gasteiger partial charge on any atom is -0.347 e. The molecule has 11 heteroatoms. The highest BCUT2D eigenvalue weighted by Gasteiger charge is 2.36. The van der Waals surface area contributed by atoms with Crippen LogP contribution < -0.4 is 5.32 Å². The first-order valence-electron chi connectivity index (χ1n) is 12.4. The minimum atomic E-state index is -0.546. The number of nitrogens with one attached hydrogen (secondary N) is 1. The molecular formula is C29H25ClN6O4. The van der Waals surface area contributed by atoms with Gasteiger partial charge in [0.1, 0.15) is 6.54 Å². The Balaban J connectivity index is 1.42. The number of amides is 3. The number of ketones is 1. The molecule has 1 N–H and O–H groups in total. The van der Waals surface area contributed by atoms with E-state index in [0.717, 1.165) is 4.90 Å². The maximum Gasteiger partial charge on any atom is 0.262 e. The third-order valence-electron chi connectivity index (χ3n) is 6.36. The molecule has 202 valence electrons. The van der Waals surface area contributed by atoms with Gasteiger partial charge in [-0.15, -0.1) is 10.2 Å². The zero-order valence-electron chi connectivity index (χ0n) is 21.8. The van der Waals surface area contributed by atoms with Gasteiger partial charge in [-0.3, -0.25) is 28.6 Å². The number of benzene rings is 3. The van der Waals surface area contributed by atoms with Gasteiger partial charge in [-0.1, -0.05) is 54.1 Å². The number of halogens is 1. The van der Waals surface area contributed by atoms with Gasteiger partial charge in [-0.25, -0.2) is 0 Å². The Morgan fingerprint density at radius 3 is 2.15 bits per heavy atom. The molecule has 3 aromatic carbocycles. The fraction of sp³-hybridized carbons (Fsp3) is 0.172. The van der Waals surface area contributed by atoms with Crippen molar-refractivity contribution >= 4 is 35.1 Å². The van der Waals surface area contributed by atoms with Gasteiger partial charge in [-0.05, 0) is 44.4 Å².